The second-order valence-corrected chi connectivity index (χ2v) is 13.1. The van der Waals surface area contributed by atoms with Crippen molar-refractivity contribution in [3.8, 4) is 17.3 Å². The number of methoxy groups -OCH3 is 1. The molecule has 1 aromatic carbocycles. The quantitative estimate of drug-likeness (QED) is 0.293. The molecule has 11 heteroatoms. The molecule has 1 saturated heterocycles. The van der Waals surface area contributed by atoms with Gasteiger partial charge in [0.1, 0.15) is 17.0 Å². The highest BCUT2D eigenvalue weighted by atomic mass is 16.6. The Labute approximate surface area is 251 Å². The smallest absolute Gasteiger partial charge is 0.418 e. The molecule has 230 valence electrons. The number of piperidine rings is 1. The van der Waals surface area contributed by atoms with Crippen molar-refractivity contribution in [3.05, 3.63) is 35.5 Å². The minimum absolute atomic E-state index is 0.0613. The minimum atomic E-state index is -0.758. The third kappa shape index (κ3) is 6.00. The van der Waals surface area contributed by atoms with E-state index in [1.54, 1.807) is 17.0 Å². The number of hydrogen-bond acceptors (Lipinski definition) is 7. The van der Waals surface area contributed by atoms with Crippen LogP contribution in [0.2, 0.25) is 0 Å². The molecule has 2 aromatic heterocycles. The fourth-order valence-corrected chi connectivity index (χ4v) is 6.13. The van der Waals surface area contributed by atoms with Crippen LogP contribution in [0.25, 0.3) is 22.6 Å². The first-order valence-corrected chi connectivity index (χ1v) is 15.4. The molecule has 1 atom stereocenters. The molecule has 3 aromatic rings. The summed E-state index contributed by atoms with van der Waals surface area (Å²) in [7, 11) is 3.43. The Morgan fingerprint density at radius 1 is 1.12 bits per heavy atom. The first kappa shape index (κ1) is 29.2. The van der Waals surface area contributed by atoms with Gasteiger partial charge in [-0.05, 0) is 96.0 Å². The van der Waals surface area contributed by atoms with Gasteiger partial charge in [-0.1, -0.05) is 0 Å². The SMILES string of the molecule is COc1cc(C(=O)OC(=O)N([C@@H]2CCCNC2)C(C)(C)C)cc2nc(-c3ccc(C(=O)NC4CC4)n3CC3CC3)n(C)c12. The highest BCUT2D eigenvalue weighted by Gasteiger charge is 2.37. The Morgan fingerprint density at radius 2 is 1.88 bits per heavy atom. The van der Waals surface area contributed by atoms with Crippen LogP contribution in [0.5, 0.6) is 5.75 Å². The van der Waals surface area contributed by atoms with E-state index in [4.69, 9.17) is 14.5 Å². The van der Waals surface area contributed by atoms with Gasteiger partial charge in [-0.15, -0.1) is 0 Å². The van der Waals surface area contributed by atoms with E-state index in [9.17, 15) is 14.4 Å². The zero-order chi connectivity index (χ0) is 30.5. The maximum atomic E-state index is 13.4. The number of amides is 2. The first-order valence-electron chi connectivity index (χ1n) is 15.4. The summed E-state index contributed by atoms with van der Waals surface area (Å²) in [4.78, 5) is 46.4. The fourth-order valence-electron chi connectivity index (χ4n) is 6.13. The normalized spacial score (nSPS) is 18.9. The molecule has 1 aliphatic heterocycles. The number of nitrogens with zero attached hydrogens (tertiary/aromatic N) is 4. The predicted molar refractivity (Wildman–Crippen MR) is 162 cm³/mol. The summed E-state index contributed by atoms with van der Waals surface area (Å²) < 4.78 is 15.2. The Kier molecular flexibility index (Phi) is 7.70. The van der Waals surface area contributed by atoms with Crippen molar-refractivity contribution in [1.29, 1.82) is 0 Å². The van der Waals surface area contributed by atoms with Crippen LogP contribution in [0.3, 0.4) is 0 Å². The summed E-state index contributed by atoms with van der Waals surface area (Å²) in [6.07, 6.45) is 5.46. The maximum Gasteiger partial charge on any atom is 0.418 e. The van der Waals surface area contributed by atoms with Gasteiger partial charge in [0.05, 0.1) is 23.9 Å². The Bertz CT molecular complexity index is 1550. The van der Waals surface area contributed by atoms with Crippen LogP contribution in [-0.4, -0.2) is 74.8 Å². The Balaban J connectivity index is 1.31. The van der Waals surface area contributed by atoms with Crippen LogP contribution in [0.1, 0.15) is 80.1 Å². The van der Waals surface area contributed by atoms with Gasteiger partial charge in [0.2, 0.25) is 0 Å². The van der Waals surface area contributed by atoms with E-state index in [-0.39, 0.29) is 23.6 Å². The summed E-state index contributed by atoms with van der Waals surface area (Å²) in [5, 5.41) is 6.44. The third-order valence-electron chi connectivity index (χ3n) is 8.62. The molecule has 6 rings (SSSR count). The number of aromatic nitrogens is 3. The van der Waals surface area contributed by atoms with Gasteiger partial charge in [0, 0.05) is 37.8 Å². The standard InChI is InChI=1S/C32H42N6O5/c1-32(2,3)38(22-7-6-14-33-17-22)31(41)43-30(40)20-15-23-27(26(16-20)42-5)36(4)28(35-23)24-12-13-25(29(39)34-21-10-11-21)37(24)18-19-8-9-19/h12-13,15-16,19,21-22,33H,6-11,14,17-18H2,1-5H3,(H,34,39)/t22-/m1/s1. The number of imidazole rings is 1. The summed E-state index contributed by atoms with van der Waals surface area (Å²) >= 11 is 0. The molecule has 3 heterocycles. The monoisotopic (exact) mass is 590 g/mol. The van der Waals surface area contributed by atoms with Crippen molar-refractivity contribution in [3.63, 3.8) is 0 Å². The van der Waals surface area contributed by atoms with E-state index in [0.717, 1.165) is 57.3 Å². The number of hydrogen-bond donors (Lipinski definition) is 2. The topological polar surface area (TPSA) is 120 Å². The van der Waals surface area contributed by atoms with Gasteiger partial charge < -0.3 is 29.2 Å². The van der Waals surface area contributed by atoms with E-state index < -0.39 is 17.6 Å². The molecule has 3 fully saturated rings. The van der Waals surface area contributed by atoms with Crippen molar-refractivity contribution >= 4 is 29.0 Å². The molecule has 2 aliphatic carbocycles. The van der Waals surface area contributed by atoms with Crippen LogP contribution in [-0.2, 0) is 18.3 Å². The van der Waals surface area contributed by atoms with Gasteiger partial charge in [-0.25, -0.2) is 14.6 Å². The lowest BCUT2D eigenvalue weighted by atomic mass is 9.99. The summed E-state index contributed by atoms with van der Waals surface area (Å²) in [6.45, 7) is 8.14. The van der Waals surface area contributed by atoms with Gasteiger partial charge in [0.15, 0.2) is 5.82 Å². The predicted octanol–water partition coefficient (Wildman–Crippen LogP) is 4.48. The first-order chi connectivity index (χ1) is 20.5. The fraction of sp³-hybridized carbons (Fsp3) is 0.562. The second-order valence-electron chi connectivity index (χ2n) is 13.1. The third-order valence-corrected chi connectivity index (χ3v) is 8.62. The zero-order valence-electron chi connectivity index (χ0n) is 25.7. The Hall–Kier alpha value is -3.86. The number of esters is 1. The molecule has 0 radical (unpaired) electrons. The van der Waals surface area contributed by atoms with E-state index in [1.165, 1.54) is 7.11 Å². The molecule has 11 nitrogen and oxygen atoms in total. The van der Waals surface area contributed by atoms with Gasteiger partial charge >= 0.3 is 12.1 Å². The minimum Gasteiger partial charge on any atom is -0.494 e. The van der Waals surface area contributed by atoms with E-state index in [0.29, 0.717) is 40.8 Å². The number of rotatable bonds is 8. The van der Waals surface area contributed by atoms with E-state index in [1.807, 2.05) is 44.5 Å². The molecule has 3 aliphatic rings. The molecular formula is C32H42N6O5. The Morgan fingerprint density at radius 3 is 2.51 bits per heavy atom. The summed E-state index contributed by atoms with van der Waals surface area (Å²) in [5.74, 6) is 0.818. The molecule has 2 amide bonds. The number of carbonyl (C=O) groups excluding carboxylic acids is 3. The molecule has 2 saturated carbocycles. The number of benzene rings is 1. The zero-order valence-corrected chi connectivity index (χ0v) is 25.7. The van der Waals surface area contributed by atoms with E-state index in [2.05, 4.69) is 15.2 Å². The summed E-state index contributed by atoms with van der Waals surface area (Å²) in [5.41, 5.74) is 2.34. The lowest BCUT2D eigenvalue weighted by molar-refractivity contribution is 0.0307. The number of aryl methyl sites for hydroxylation is 1. The van der Waals surface area contributed by atoms with Gasteiger partial charge in [-0.3, -0.25) is 9.69 Å². The average molecular weight is 591 g/mol. The van der Waals surface area contributed by atoms with Crippen LogP contribution < -0.4 is 15.4 Å². The lowest BCUT2D eigenvalue weighted by Gasteiger charge is -2.42. The average Bonchev–Trinajstić information content (AvgIpc) is 3.88. The van der Waals surface area contributed by atoms with Crippen molar-refractivity contribution in [2.45, 2.75) is 83.5 Å². The lowest BCUT2D eigenvalue weighted by Crippen LogP contribution is -2.56. The molecule has 43 heavy (non-hydrogen) atoms. The second kappa shape index (κ2) is 11.3. The summed E-state index contributed by atoms with van der Waals surface area (Å²) in [6, 6.07) is 7.23. The molecular weight excluding hydrogens is 548 g/mol. The van der Waals surface area contributed by atoms with Crippen molar-refractivity contribution in [2.24, 2.45) is 13.0 Å². The van der Waals surface area contributed by atoms with Crippen molar-refractivity contribution in [1.82, 2.24) is 29.7 Å². The highest BCUT2D eigenvalue weighted by Crippen LogP contribution is 2.36. The van der Waals surface area contributed by atoms with Crippen LogP contribution >= 0.6 is 0 Å². The molecule has 0 bridgehead atoms. The molecule has 2 N–H and O–H groups in total. The highest BCUT2D eigenvalue weighted by molar-refractivity contribution is 6.01. The number of carbonyl (C=O) groups is 3. The van der Waals surface area contributed by atoms with Crippen LogP contribution in [0.15, 0.2) is 24.3 Å². The number of nitrogens with one attached hydrogen (secondary N) is 2. The largest absolute Gasteiger partial charge is 0.494 e. The van der Waals surface area contributed by atoms with Gasteiger partial charge in [-0.2, -0.15) is 0 Å². The molecule has 0 unspecified atom stereocenters. The van der Waals surface area contributed by atoms with Crippen LogP contribution in [0.4, 0.5) is 4.79 Å². The van der Waals surface area contributed by atoms with Crippen molar-refractivity contribution in [2.75, 3.05) is 20.2 Å². The maximum absolute atomic E-state index is 13.4. The van der Waals surface area contributed by atoms with Crippen molar-refractivity contribution < 1.29 is 23.9 Å². The van der Waals surface area contributed by atoms with Gasteiger partial charge in [0.25, 0.3) is 5.91 Å². The van der Waals surface area contributed by atoms with Crippen LogP contribution in [0, 0.1) is 5.92 Å². The number of fused-ring (bicyclic) bond motifs is 1. The molecule has 0 spiro atoms. The number of ether oxygens (including phenoxy) is 2. The van der Waals surface area contributed by atoms with E-state index >= 15 is 0 Å².